The van der Waals surface area contributed by atoms with E-state index in [1.165, 1.54) is 11.4 Å². The Morgan fingerprint density at radius 2 is 1.51 bits per heavy atom. The van der Waals surface area contributed by atoms with Crippen LogP contribution in [0, 0.1) is 0 Å². The Labute approximate surface area is 244 Å². The van der Waals surface area contributed by atoms with Gasteiger partial charge in [0.15, 0.2) is 0 Å². The van der Waals surface area contributed by atoms with E-state index < -0.39 is 21.6 Å². The van der Waals surface area contributed by atoms with Gasteiger partial charge in [0, 0.05) is 38.5 Å². The van der Waals surface area contributed by atoms with E-state index >= 15 is 0 Å². The maximum atomic E-state index is 13.9. The fourth-order valence-corrected chi connectivity index (χ4v) is 5.69. The van der Waals surface area contributed by atoms with Gasteiger partial charge >= 0.3 is 0 Å². The van der Waals surface area contributed by atoms with Gasteiger partial charge in [-0.15, -0.1) is 0 Å². The van der Waals surface area contributed by atoms with Crippen LogP contribution >= 0.6 is 0 Å². The van der Waals surface area contributed by atoms with Gasteiger partial charge in [0.05, 0.1) is 12.0 Å². The van der Waals surface area contributed by atoms with Crippen molar-refractivity contribution >= 4 is 21.8 Å². The molecular formula is C32H41N3O5S. The van der Waals surface area contributed by atoms with E-state index in [4.69, 9.17) is 4.74 Å². The fourth-order valence-electron chi connectivity index (χ4n) is 4.46. The zero-order chi connectivity index (χ0) is 30.0. The number of nitrogens with one attached hydrogen (secondary N) is 1. The Balaban J connectivity index is 1.86. The highest BCUT2D eigenvalue weighted by atomic mass is 32.2. The molecule has 0 fully saturated rings. The van der Waals surface area contributed by atoms with Crippen molar-refractivity contribution in [3.05, 3.63) is 96.1 Å². The summed E-state index contributed by atoms with van der Waals surface area (Å²) in [6.45, 7) is 6.07. The molecule has 1 atom stereocenters. The predicted molar refractivity (Wildman–Crippen MR) is 161 cm³/mol. The Morgan fingerprint density at radius 3 is 2.12 bits per heavy atom. The van der Waals surface area contributed by atoms with Crippen LogP contribution in [0.15, 0.2) is 89.8 Å². The second-order valence-electron chi connectivity index (χ2n) is 11.1. The van der Waals surface area contributed by atoms with Crippen LogP contribution in [0.25, 0.3) is 0 Å². The van der Waals surface area contributed by atoms with Gasteiger partial charge in [-0.25, -0.2) is 12.7 Å². The van der Waals surface area contributed by atoms with Crippen molar-refractivity contribution in [2.24, 2.45) is 0 Å². The number of hydrogen-bond donors (Lipinski definition) is 1. The van der Waals surface area contributed by atoms with Crippen LogP contribution in [0.5, 0.6) is 5.75 Å². The van der Waals surface area contributed by atoms with E-state index in [0.29, 0.717) is 18.6 Å². The number of rotatable bonds is 13. The molecule has 9 heteroatoms. The first kappa shape index (κ1) is 31.8. The SMILES string of the molecule is COc1cccc(CN(C(=O)CCCN(C)S(=O)(=O)c2ccccc2)C(Cc2ccccc2)C(=O)NC(C)(C)C)c1. The normalized spacial score (nSPS) is 12.5. The number of ether oxygens (including phenoxy) is 1. The van der Waals surface area contributed by atoms with Crippen molar-refractivity contribution in [2.45, 2.75) is 63.1 Å². The van der Waals surface area contributed by atoms with Crippen LogP contribution in [0.4, 0.5) is 0 Å². The van der Waals surface area contributed by atoms with Crippen LogP contribution in [0.2, 0.25) is 0 Å². The smallest absolute Gasteiger partial charge is 0.243 e. The van der Waals surface area contributed by atoms with Crippen molar-refractivity contribution in [3.8, 4) is 5.75 Å². The number of amides is 2. The molecular weight excluding hydrogens is 538 g/mol. The molecule has 0 aromatic heterocycles. The first-order valence-corrected chi connectivity index (χ1v) is 15.1. The summed E-state index contributed by atoms with van der Waals surface area (Å²) in [5.74, 6) is 0.172. The van der Waals surface area contributed by atoms with Crippen LogP contribution in [-0.2, 0) is 32.6 Å². The lowest BCUT2D eigenvalue weighted by Gasteiger charge is -2.34. The molecule has 1 N–H and O–H groups in total. The van der Waals surface area contributed by atoms with Gasteiger partial charge in [0.25, 0.3) is 0 Å². The molecule has 8 nitrogen and oxygen atoms in total. The number of sulfonamides is 1. The van der Waals surface area contributed by atoms with E-state index in [0.717, 1.165) is 11.1 Å². The topological polar surface area (TPSA) is 96.0 Å². The van der Waals surface area contributed by atoms with Gasteiger partial charge in [-0.2, -0.15) is 0 Å². The average Bonchev–Trinajstić information content (AvgIpc) is 2.94. The molecule has 0 bridgehead atoms. The minimum atomic E-state index is -3.67. The highest BCUT2D eigenvalue weighted by Gasteiger charge is 2.32. The molecule has 41 heavy (non-hydrogen) atoms. The van der Waals surface area contributed by atoms with Crippen molar-refractivity contribution in [3.63, 3.8) is 0 Å². The van der Waals surface area contributed by atoms with E-state index in [1.54, 1.807) is 42.3 Å². The molecule has 0 saturated carbocycles. The maximum absolute atomic E-state index is 13.9. The number of nitrogens with zero attached hydrogens (tertiary/aromatic N) is 2. The van der Waals surface area contributed by atoms with Crippen molar-refractivity contribution in [1.82, 2.24) is 14.5 Å². The van der Waals surface area contributed by atoms with Gasteiger partial charge in [0.1, 0.15) is 11.8 Å². The monoisotopic (exact) mass is 579 g/mol. The van der Waals surface area contributed by atoms with Crippen LogP contribution < -0.4 is 10.1 Å². The molecule has 0 aliphatic carbocycles. The molecule has 0 aliphatic rings. The molecule has 2 amide bonds. The lowest BCUT2D eigenvalue weighted by molar-refractivity contribution is -0.142. The van der Waals surface area contributed by atoms with Gasteiger partial charge in [-0.05, 0) is 62.6 Å². The lowest BCUT2D eigenvalue weighted by Crippen LogP contribution is -2.54. The van der Waals surface area contributed by atoms with Gasteiger partial charge < -0.3 is 15.0 Å². The highest BCUT2D eigenvalue weighted by Crippen LogP contribution is 2.21. The molecule has 220 valence electrons. The zero-order valence-electron chi connectivity index (χ0n) is 24.5. The molecule has 3 aromatic rings. The summed E-state index contributed by atoms with van der Waals surface area (Å²) in [4.78, 5) is 29.3. The summed E-state index contributed by atoms with van der Waals surface area (Å²) >= 11 is 0. The maximum Gasteiger partial charge on any atom is 0.243 e. The average molecular weight is 580 g/mol. The number of carbonyl (C=O) groups is 2. The first-order chi connectivity index (χ1) is 19.4. The van der Waals surface area contributed by atoms with E-state index in [2.05, 4.69) is 5.32 Å². The minimum Gasteiger partial charge on any atom is -0.497 e. The van der Waals surface area contributed by atoms with E-state index in [9.17, 15) is 18.0 Å². The summed E-state index contributed by atoms with van der Waals surface area (Å²) < 4.78 is 32.5. The van der Waals surface area contributed by atoms with Gasteiger partial charge in [0.2, 0.25) is 21.8 Å². The van der Waals surface area contributed by atoms with Crippen LogP contribution in [0.3, 0.4) is 0 Å². The Morgan fingerprint density at radius 1 is 0.902 bits per heavy atom. The largest absolute Gasteiger partial charge is 0.497 e. The third-order valence-electron chi connectivity index (χ3n) is 6.57. The molecule has 0 aliphatic heterocycles. The second kappa shape index (κ2) is 14.3. The molecule has 0 saturated heterocycles. The fraction of sp³-hybridized carbons (Fsp3) is 0.375. The Hall–Kier alpha value is -3.69. The van der Waals surface area contributed by atoms with Gasteiger partial charge in [-0.1, -0.05) is 60.7 Å². The number of benzene rings is 3. The zero-order valence-corrected chi connectivity index (χ0v) is 25.4. The van der Waals surface area contributed by atoms with Crippen molar-refractivity contribution in [2.75, 3.05) is 20.7 Å². The molecule has 3 rings (SSSR count). The summed E-state index contributed by atoms with van der Waals surface area (Å²) in [6.07, 6.45) is 0.711. The quantitative estimate of drug-likeness (QED) is 0.318. The highest BCUT2D eigenvalue weighted by molar-refractivity contribution is 7.89. The predicted octanol–water partition coefficient (Wildman–Crippen LogP) is 4.65. The third kappa shape index (κ3) is 9.43. The summed E-state index contributed by atoms with van der Waals surface area (Å²) in [6, 6.07) is 24.5. The molecule has 3 aromatic carbocycles. The van der Waals surface area contributed by atoms with Crippen LogP contribution in [-0.4, -0.2) is 61.7 Å². The number of hydrogen-bond acceptors (Lipinski definition) is 5. The standard InChI is InChI=1S/C32H41N3O5S/c1-32(2,3)33-31(37)29(23-25-14-8-6-9-15-25)35(24-26-16-12-17-27(22-26)40-5)30(36)20-13-21-34(4)41(38,39)28-18-10-7-11-19-28/h6-12,14-19,22,29H,13,20-21,23-24H2,1-5H3,(H,33,37). The van der Waals surface area contributed by atoms with Crippen molar-refractivity contribution < 1.29 is 22.7 Å². The second-order valence-corrected chi connectivity index (χ2v) is 13.1. The van der Waals surface area contributed by atoms with E-state index in [1.807, 2.05) is 75.4 Å². The Kier molecular flexibility index (Phi) is 11.1. The number of methoxy groups -OCH3 is 1. The first-order valence-electron chi connectivity index (χ1n) is 13.7. The van der Waals surface area contributed by atoms with Gasteiger partial charge in [-0.3, -0.25) is 9.59 Å². The lowest BCUT2D eigenvalue weighted by atomic mass is 10.00. The summed E-state index contributed by atoms with van der Waals surface area (Å²) in [5.41, 5.74) is 1.26. The molecule has 0 spiro atoms. The Bertz CT molecular complexity index is 1390. The van der Waals surface area contributed by atoms with Crippen LogP contribution in [0.1, 0.15) is 44.7 Å². The third-order valence-corrected chi connectivity index (χ3v) is 8.44. The molecule has 1 unspecified atom stereocenters. The summed E-state index contributed by atoms with van der Waals surface area (Å²) in [7, 11) is -0.584. The van der Waals surface area contributed by atoms with E-state index in [-0.39, 0.29) is 36.2 Å². The molecule has 0 radical (unpaired) electrons. The number of carbonyl (C=O) groups excluding carboxylic acids is 2. The molecule has 0 heterocycles. The minimum absolute atomic E-state index is 0.0761. The van der Waals surface area contributed by atoms with Crippen molar-refractivity contribution in [1.29, 1.82) is 0 Å². The summed E-state index contributed by atoms with van der Waals surface area (Å²) in [5, 5.41) is 3.05.